The van der Waals surface area contributed by atoms with Crippen LogP contribution in [0.1, 0.15) is 16.7 Å². The van der Waals surface area contributed by atoms with Gasteiger partial charge in [0.25, 0.3) is 0 Å². The van der Waals surface area contributed by atoms with Crippen LogP contribution in [0, 0.1) is 6.92 Å². The quantitative estimate of drug-likeness (QED) is 0.878. The smallest absolute Gasteiger partial charge is 0.125 e. The van der Waals surface area contributed by atoms with Gasteiger partial charge in [-0.05, 0) is 49.7 Å². The van der Waals surface area contributed by atoms with Crippen LogP contribution < -0.4 is 15.2 Å². The Morgan fingerprint density at radius 3 is 2.45 bits per heavy atom. The van der Waals surface area contributed by atoms with Gasteiger partial charge in [0.1, 0.15) is 18.1 Å². The van der Waals surface area contributed by atoms with Crippen molar-refractivity contribution in [3.63, 3.8) is 0 Å². The van der Waals surface area contributed by atoms with E-state index in [9.17, 15) is 0 Å². The second-order valence-corrected chi connectivity index (χ2v) is 4.79. The summed E-state index contributed by atoms with van der Waals surface area (Å²) in [5.74, 6) is 1.71. The average Bonchev–Trinajstić information content (AvgIpc) is 2.47. The van der Waals surface area contributed by atoms with Crippen LogP contribution in [0.25, 0.3) is 0 Å². The van der Waals surface area contributed by atoms with Crippen LogP contribution in [-0.2, 0) is 13.0 Å². The second-order valence-electron chi connectivity index (χ2n) is 4.79. The molecule has 2 aromatic rings. The lowest BCUT2D eigenvalue weighted by Crippen LogP contribution is -2.05. The summed E-state index contributed by atoms with van der Waals surface area (Å²) in [5.41, 5.74) is 9.07. The molecule has 0 unspecified atom stereocenters. The Morgan fingerprint density at radius 2 is 1.80 bits per heavy atom. The lowest BCUT2D eigenvalue weighted by atomic mass is 10.1. The molecule has 0 atom stereocenters. The lowest BCUT2D eigenvalue weighted by Gasteiger charge is -2.12. The molecular weight excluding hydrogens is 250 g/mol. The van der Waals surface area contributed by atoms with Gasteiger partial charge in [-0.25, -0.2) is 0 Å². The largest absolute Gasteiger partial charge is 0.496 e. The Morgan fingerprint density at radius 1 is 1.05 bits per heavy atom. The van der Waals surface area contributed by atoms with Crippen LogP contribution in [0.2, 0.25) is 0 Å². The molecule has 0 radical (unpaired) electrons. The van der Waals surface area contributed by atoms with E-state index < -0.39 is 0 Å². The third-order valence-corrected chi connectivity index (χ3v) is 3.19. The van der Waals surface area contributed by atoms with Crippen molar-refractivity contribution in [2.24, 2.45) is 5.73 Å². The molecule has 0 aliphatic carbocycles. The summed E-state index contributed by atoms with van der Waals surface area (Å²) in [5, 5.41) is 0. The van der Waals surface area contributed by atoms with Crippen molar-refractivity contribution < 1.29 is 9.47 Å². The van der Waals surface area contributed by atoms with Crippen LogP contribution in [-0.4, -0.2) is 13.7 Å². The maximum atomic E-state index is 5.81. The van der Waals surface area contributed by atoms with Gasteiger partial charge in [-0.2, -0.15) is 0 Å². The first kappa shape index (κ1) is 14.4. The molecule has 0 fully saturated rings. The first-order valence-electron chi connectivity index (χ1n) is 6.78. The summed E-state index contributed by atoms with van der Waals surface area (Å²) in [7, 11) is 1.67. The number of ether oxygens (including phenoxy) is 2. The first-order valence-corrected chi connectivity index (χ1v) is 6.78. The van der Waals surface area contributed by atoms with E-state index in [-0.39, 0.29) is 0 Å². The van der Waals surface area contributed by atoms with Gasteiger partial charge >= 0.3 is 0 Å². The van der Waals surface area contributed by atoms with E-state index in [0.717, 1.165) is 23.5 Å². The third-order valence-electron chi connectivity index (χ3n) is 3.19. The third kappa shape index (κ3) is 3.75. The van der Waals surface area contributed by atoms with Gasteiger partial charge in [0, 0.05) is 5.56 Å². The van der Waals surface area contributed by atoms with Gasteiger partial charge in [0.2, 0.25) is 0 Å². The lowest BCUT2D eigenvalue weighted by molar-refractivity contribution is 0.296. The monoisotopic (exact) mass is 271 g/mol. The van der Waals surface area contributed by atoms with Crippen molar-refractivity contribution in [3.05, 3.63) is 59.2 Å². The molecule has 2 N–H and O–H groups in total. The minimum atomic E-state index is 0.491. The van der Waals surface area contributed by atoms with Crippen LogP contribution in [0.5, 0.6) is 11.5 Å². The van der Waals surface area contributed by atoms with Gasteiger partial charge in [0.05, 0.1) is 7.11 Å². The average molecular weight is 271 g/mol. The van der Waals surface area contributed by atoms with Crippen LogP contribution in [0.4, 0.5) is 0 Å². The van der Waals surface area contributed by atoms with E-state index >= 15 is 0 Å². The Balaban J connectivity index is 2.10. The normalized spacial score (nSPS) is 10.3. The number of hydrogen-bond acceptors (Lipinski definition) is 3. The molecule has 2 rings (SSSR count). The molecule has 0 saturated carbocycles. The highest BCUT2D eigenvalue weighted by molar-refractivity contribution is 5.37. The van der Waals surface area contributed by atoms with Crippen molar-refractivity contribution in [2.75, 3.05) is 13.7 Å². The molecule has 106 valence electrons. The Kier molecular flexibility index (Phi) is 5.02. The molecule has 0 aliphatic rings. The number of methoxy groups -OCH3 is 1. The molecular formula is C17H21NO2. The predicted molar refractivity (Wildman–Crippen MR) is 81.3 cm³/mol. The van der Waals surface area contributed by atoms with Gasteiger partial charge in [-0.1, -0.05) is 23.8 Å². The Bertz CT molecular complexity index is 549. The molecule has 0 aromatic heterocycles. The topological polar surface area (TPSA) is 44.5 Å². The number of nitrogens with two attached hydrogens (primary N) is 1. The first-order chi connectivity index (χ1) is 9.72. The minimum absolute atomic E-state index is 0.491. The molecule has 0 amide bonds. The maximum absolute atomic E-state index is 5.81. The SMILES string of the molecule is COc1ccc(CCN)cc1COc1ccc(C)cc1. The highest BCUT2D eigenvalue weighted by Gasteiger charge is 2.05. The van der Waals surface area contributed by atoms with Gasteiger partial charge in [-0.15, -0.1) is 0 Å². The molecule has 3 heteroatoms. The van der Waals surface area contributed by atoms with E-state index in [1.54, 1.807) is 7.11 Å². The second kappa shape index (κ2) is 6.96. The van der Waals surface area contributed by atoms with Crippen molar-refractivity contribution >= 4 is 0 Å². The van der Waals surface area contributed by atoms with Crippen molar-refractivity contribution in [1.29, 1.82) is 0 Å². The zero-order chi connectivity index (χ0) is 14.4. The molecule has 0 saturated heterocycles. The number of benzene rings is 2. The van der Waals surface area contributed by atoms with Crippen molar-refractivity contribution in [1.82, 2.24) is 0 Å². The summed E-state index contributed by atoms with van der Waals surface area (Å²) in [4.78, 5) is 0. The molecule has 0 heterocycles. The summed E-state index contributed by atoms with van der Waals surface area (Å²) >= 11 is 0. The highest BCUT2D eigenvalue weighted by atomic mass is 16.5. The van der Waals surface area contributed by atoms with E-state index in [0.29, 0.717) is 13.2 Å². The molecule has 0 spiro atoms. The minimum Gasteiger partial charge on any atom is -0.496 e. The molecule has 20 heavy (non-hydrogen) atoms. The van der Waals surface area contributed by atoms with Gasteiger partial charge in [-0.3, -0.25) is 0 Å². The molecule has 2 aromatic carbocycles. The van der Waals surface area contributed by atoms with Crippen molar-refractivity contribution in [3.8, 4) is 11.5 Å². The number of rotatable bonds is 6. The molecule has 0 bridgehead atoms. The van der Waals surface area contributed by atoms with E-state index in [4.69, 9.17) is 15.2 Å². The zero-order valence-corrected chi connectivity index (χ0v) is 12.1. The molecule has 3 nitrogen and oxygen atoms in total. The predicted octanol–water partition coefficient (Wildman–Crippen LogP) is 3.08. The zero-order valence-electron chi connectivity index (χ0n) is 12.1. The van der Waals surface area contributed by atoms with E-state index in [1.807, 2.05) is 36.4 Å². The van der Waals surface area contributed by atoms with E-state index in [1.165, 1.54) is 11.1 Å². The standard InChI is InChI=1S/C17H21NO2/c1-13-3-6-16(7-4-13)20-12-15-11-14(9-10-18)5-8-17(15)19-2/h3-8,11H,9-10,12,18H2,1-2H3. The summed E-state index contributed by atoms with van der Waals surface area (Å²) in [6, 6.07) is 14.1. The fourth-order valence-corrected chi connectivity index (χ4v) is 2.06. The fourth-order valence-electron chi connectivity index (χ4n) is 2.06. The summed E-state index contributed by atoms with van der Waals surface area (Å²) in [6.45, 7) is 3.19. The fraction of sp³-hybridized carbons (Fsp3) is 0.294. The number of hydrogen-bond donors (Lipinski definition) is 1. The highest BCUT2D eigenvalue weighted by Crippen LogP contribution is 2.22. The van der Waals surface area contributed by atoms with Crippen LogP contribution >= 0.6 is 0 Å². The maximum Gasteiger partial charge on any atom is 0.125 e. The summed E-state index contributed by atoms with van der Waals surface area (Å²) < 4.78 is 11.2. The number of aryl methyl sites for hydroxylation is 1. The summed E-state index contributed by atoms with van der Waals surface area (Å²) in [6.07, 6.45) is 0.863. The van der Waals surface area contributed by atoms with Gasteiger partial charge < -0.3 is 15.2 Å². The van der Waals surface area contributed by atoms with Crippen LogP contribution in [0.3, 0.4) is 0 Å². The Hall–Kier alpha value is -2.00. The van der Waals surface area contributed by atoms with Crippen molar-refractivity contribution in [2.45, 2.75) is 20.0 Å². The van der Waals surface area contributed by atoms with E-state index in [2.05, 4.69) is 13.0 Å². The van der Waals surface area contributed by atoms with Crippen LogP contribution in [0.15, 0.2) is 42.5 Å². The van der Waals surface area contributed by atoms with Gasteiger partial charge in [0.15, 0.2) is 0 Å². The molecule has 0 aliphatic heterocycles. The Labute approximate surface area is 120 Å².